The van der Waals surface area contributed by atoms with Crippen LogP contribution in [0.1, 0.15) is 0 Å². The van der Waals surface area contributed by atoms with Gasteiger partial charge in [0.2, 0.25) is 5.96 Å². The molecule has 16 heavy (non-hydrogen) atoms. The molecule has 0 unspecified atom stereocenters. The van der Waals surface area contributed by atoms with E-state index in [1.807, 2.05) is 44.4 Å². The fourth-order valence-corrected chi connectivity index (χ4v) is 1.28. The van der Waals surface area contributed by atoms with Gasteiger partial charge in [-0.1, -0.05) is 18.2 Å². The molecule has 0 atom stereocenters. The van der Waals surface area contributed by atoms with Gasteiger partial charge in [0.05, 0.1) is 5.69 Å². The average Bonchev–Trinajstić information content (AvgIpc) is 2.17. The molecule has 6 heteroatoms. The molecule has 1 aromatic carbocycles. The van der Waals surface area contributed by atoms with Crippen LogP contribution in [-0.4, -0.2) is 31.0 Å². The zero-order chi connectivity index (χ0) is 12.1. The van der Waals surface area contributed by atoms with E-state index in [1.165, 1.54) is 0 Å². The van der Waals surface area contributed by atoms with Gasteiger partial charge in [-0.3, -0.25) is 5.41 Å². The highest BCUT2D eigenvalue weighted by atomic mass is 15.6. The van der Waals surface area contributed by atoms with E-state index in [-0.39, 0.29) is 11.9 Å². The molecule has 1 aromatic rings. The quantitative estimate of drug-likeness (QED) is 0.376. The number of benzene rings is 1. The molecular weight excluding hydrogens is 204 g/mol. The molecule has 0 aliphatic carbocycles. The van der Waals surface area contributed by atoms with Crippen molar-refractivity contribution in [2.24, 2.45) is 16.5 Å². The summed E-state index contributed by atoms with van der Waals surface area (Å²) in [5.41, 5.74) is 11.3. The Labute approximate surface area is 94.6 Å². The molecule has 86 valence electrons. The largest absolute Gasteiger partial charge is 0.370 e. The standard InChI is InChI=1S/C10H16N6/c1-15(2)16(10(13)14-9(11)12)8-6-4-3-5-7-8/h3-7H,1-2H3,(H5,11,12,13,14). The maximum Gasteiger partial charge on any atom is 0.240 e. The maximum atomic E-state index is 7.78. The molecule has 0 fully saturated rings. The molecule has 0 spiro atoms. The number of guanidine groups is 2. The van der Waals surface area contributed by atoms with Crippen molar-refractivity contribution in [3.8, 4) is 0 Å². The fourth-order valence-electron chi connectivity index (χ4n) is 1.28. The predicted molar refractivity (Wildman–Crippen MR) is 66.1 cm³/mol. The van der Waals surface area contributed by atoms with Crippen LogP contribution in [0.2, 0.25) is 0 Å². The number of aliphatic imine (C=N–C) groups is 1. The number of hydrogen-bond donors (Lipinski definition) is 3. The number of hydrogen-bond acceptors (Lipinski definition) is 2. The monoisotopic (exact) mass is 220 g/mol. The van der Waals surface area contributed by atoms with Crippen LogP contribution in [0.4, 0.5) is 5.69 Å². The van der Waals surface area contributed by atoms with Crippen molar-refractivity contribution >= 4 is 17.6 Å². The van der Waals surface area contributed by atoms with E-state index >= 15 is 0 Å². The summed E-state index contributed by atoms with van der Waals surface area (Å²) in [6, 6.07) is 9.41. The third kappa shape index (κ3) is 2.96. The van der Waals surface area contributed by atoms with Crippen LogP contribution in [0.15, 0.2) is 35.3 Å². The first-order valence-electron chi connectivity index (χ1n) is 4.73. The summed E-state index contributed by atoms with van der Waals surface area (Å²) in [4.78, 5) is 3.72. The van der Waals surface area contributed by atoms with Gasteiger partial charge in [0.25, 0.3) is 0 Å². The SMILES string of the molecule is CN(C)N(C(=N)N=C(N)N)c1ccccc1. The highest BCUT2D eigenvalue weighted by molar-refractivity contribution is 6.00. The minimum absolute atomic E-state index is 0.0313. The van der Waals surface area contributed by atoms with Crippen molar-refractivity contribution in [3.63, 3.8) is 0 Å². The van der Waals surface area contributed by atoms with E-state index < -0.39 is 0 Å². The minimum atomic E-state index is -0.132. The number of para-hydroxylation sites is 1. The molecular formula is C10H16N6. The number of hydrazine groups is 1. The first kappa shape index (κ1) is 12.0. The van der Waals surface area contributed by atoms with E-state index in [4.69, 9.17) is 16.9 Å². The van der Waals surface area contributed by atoms with Crippen molar-refractivity contribution in [3.05, 3.63) is 30.3 Å². The molecule has 0 amide bonds. The normalized spacial score (nSPS) is 9.94. The number of rotatable bonds is 2. The van der Waals surface area contributed by atoms with Gasteiger partial charge in [-0.25, -0.2) is 10.0 Å². The molecule has 0 aromatic heterocycles. The average molecular weight is 220 g/mol. The topological polar surface area (TPSA) is 94.7 Å². The number of nitrogens with zero attached hydrogens (tertiary/aromatic N) is 3. The van der Waals surface area contributed by atoms with Gasteiger partial charge in [-0.15, -0.1) is 0 Å². The zero-order valence-electron chi connectivity index (χ0n) is 9.38. The maximum absolute atomic E-state index is 7.78. The van der Waals surface area contributed by atoms with Gasteiger partial charge in [0.15, 0.2) is 5.96 Å². The van der Waals surface area contributed by atoms with Crippen LogP contribution >= 0.6 is 0 Å². The summed E-state index contributed by atoms with van der Waals surface area (Å²) in [5.74, 6) is -0.163. The van der Waals surface area contributed by atoms with Crippen LogP contribution in [0, 0.1) is 5.41 Å². The smallest absolute Gasteiger partial charge is 0.240 e. The molecule has 1 rings (SSSR count). The Bertz CT molecular complexity index is 380. The van der Waals surface area contributed by atoms with Crippen LogP contribution in [0.3, 0.4) is 0 Å². The number of anilines is 1. The molecule has 0 bridgehead atoms. The molecule has 6 nitrogen and oxygen atoms in total. The summed E-state index contributed by atoms with van der Waals surface area (Å²) in [5, 5.41) is 11.1. The van der Waals surface area contributed by atoms with Crippen LogP contribution in [0.5, 0.6) is 0 Å². The summed E-state index contributed by atoms with van der Waals surface area (Å²) >= 11 is 0. The summed E-state index contributed by atoms with van der Waals surface area (Å²) in [6.07, 6.45) is 0. The summed E-state index contributed by atoms with van der Waals surface area (Å²) in [6.45, 7) is 0. The van der Waals surface area contributed by atoms with E-state index in [0.29, 0.717) is 0 Å². The van der Waals surface area contributed by atoms with Gasteiger partial charge in [-0.2, -0.15) is 4.99 Å². The third-order valence-electron chi connectivity index (χ3n) is 1.84. The highest BCUT2D eigenvalue weighted by Crippen LogP contribution is 2.14. The second kappa shape index (κ2) is 5.13. The second-order valence-corrected chi connectivity index (χ2v) is 3.35. The van der Waals surface area contributed by atoms with E-state index in [2.05, 4.69) is 4.99 Å². The molecule has 0 saturated carbocycles. The number of nitrogens with one attached hydrogen (secondary N) is 1. The molecule has 0 saturated heterocycles. The van der Waals surface area contributed by atoms with Gasteiger partial charge < -0.3 is 11.5 Å². The lowest BCUT2D eigenvalue weighted by Gasteiger charge is -2.28. The van der Waals surface area contributed by atoms with E-state index in [1.54, 1.807) is 10.0 Å². The predicted octanol–water partition coefficient (Wildman–Crippen LogP) is 0.178. The minimum Gasteiger partial charge on any atom is -0.370 e. The Balaban J connectivity index is 3.02. The molecule has 0 aliphatic heterocycles. The lowest BCUT2D eigenvalue weighted by molar-refractivity contribution is 0.426. The first-order chi connectivity index (χ1) is 7.52. The Morgan fingerprint density at radius 2 is 1.75 bits per heavy atom. The lowest BCUT2D eigenvalue weighted by Crippen LogP contribution is -2.42. The van der Waals surface area contributed by atoms with Crippen molar-refractivity contribution in [2.45, 2.75) is 0 Å². The van der Waals surface area contributed by atoms with Gasteiger partial charge in [0.1, 0.15) is 0 Å². The zero-order valence-corrected chi connectivity index (χ0v) is 9.38. The van der Waals surface area contributed by atoms with Crippen LogP contribution in [0.25, 0.3) is 0 Å². The van der Waals surface area contributed by atoms with Gasteiger partial charge in [-0.05, 0) is 12.1 Å². The Morgan fingerprint density at radius 1 is 1.19 bits per heavy atom. The lowest BCUT2D eigenvalue weighted by atomic mass is 10.3. The van der Waals surface area contributed by atoms with Crippen molar-refractivity contribution in [1.82, 2.24) is 5.01 Å². The van der Waals surface area contributed by atoms with E-state index in [9.17, 15) is 0 Å². The third-order valence-corrected chi connectivity index (χ3v) is 1.84. The van der Waals surface area contributed by atoms with Gasteiger partial charge >= 0.3 is 0 Å². The Hall–Kier alpha value is -2.08. The Kier molecular flexibility index (Phi) is 3.84. The van der Waals surface area contributed by atoms with Crippen molar-refractivity contribution in [2.75, 3.05) is 19.1 Å². The fraction of sp³-hybridized carbons (Fsp3) is 0.200. The second-order valence-electron chi connectivity index (χ2n) is 3.35. The van der Waals surface area contributed by atoms with Crippen LogP contribution in [-0.2, 0) is 0 Å². The molecule has 0 aliphatic rings. The summed E-state index contributed by atoms with van der Waals surface area (Å²) < 4.78 is 0. The first-order valence-corrected chi connectivity index (χ1v) is 4.73. The molecule has 5 N–H and O–H groups in total. The summed E-state index contributed by atoms with van der Waals surface area (Å²) in [7, 11) is 3.62. The highest BCUT2D eigenvalue weighted by Gasteiger charge is 2.13. The van der Waals surface area contributed by atoms with Crippen molar-refractivity contribution in [1.29, 1.82) is 5.41 Å². The number of nitrogens with two attached hydrogens (primary N) is 2. The molecule has 0 radical (unpaired) electrons. The van der Waals surface area contributed by atoms with Crippen molar-refractivity contribution < 1.29 is 0 Å². The Morgan fingerprint density at radius 3 is 2.19 bits per heavy atom. The molecule has 0 heterocycles. The van der Waals surface area contributed by atoms with Crippen LogP contribution < -0.4 is 16.5 Å². The van der Waals surface area contributed by atoms with E-state index in [0.717, 1.165) is 5.69 Å². The van der Waals surface area contributed by atoms with Gasteiger partial charge in [0, 0.05) is 14.1 Å².